The molecule has 8 heteroatoms. The molecule has 116 valence electrons. The number of anilines is 2. The summed E-state index contributed by atoms with van der Waals surface area (Å²) in [6.07, 6.45) is 4.43. The van der Waals surface area contributed by atoms with Crippen LogP contribution in [0, 0.1) is 0 Å². The summed E-state index contributed by atoms with van der Waals surface area (Å²) in [7, 11) is 0. The summed E-state index contributed by atoms with van der Waals surface area (Å²) < 4.78 is 5.33. The lowest BCUT2D eigenvalue weighted by molar-refractivity contribution is 0.122. The monoisotopic (exact) mass is 320 g/mol. The molecule has 2 aromatic heterocycles. The van der Waals surface area contributed by atoms with E-state index in [1.165, 1.54) is 5.56 Å². The van der Waals surface area contributed by atoms with Crippen LogP contribution in [0.25, 0.3) is 0 Å². The van der Waals surface area contributed by atoms with E-state index in [2.05, 4.69) is 25.3 Å². The van der Waals surface area contributed by atoms with Gasteiger partial charge >= 0.3 is 0 Å². The quantitative estimate of drug-likeness (QED) is 0.892. The molecule has 22 heavy (non-hydrogen) atoms. The van der Waals surface area contributed by atoms with Crippen LogP contribution < -0.4 is 10.2 Å². The number of ether oxygens (including phenoxy) is 1. The van der Waals surface area contributed by atoms with Crippen LogP contribution in [0.2, 0.25) is 5.28 Å². The highest BCUT2D eigenvalue weighted by molar-refractivity contribution is 6.28. The Bertz CT molecular complexity index is 606. The fourth-order valence-corrected chi connectivity index (χ4v) is 2.35. The third kappa shape index (κ3) is 4.02. The zero-order chi connectivity index (χ0) is 15.2. The minimum atomic E-state index is 0.197. The number of pyridine rings is 1. The second kappa shape index (κ2) is 7.33. The fraction of sp³-hybridized carbons (Fsp3) is 0.429. The summed E-state index contributed by atoms with van der Waals surface area (Å²) in [5.41, 5.74) is 1.20. The molecule has 0 radical (unpaired) electrons. The van der Waals surface area contributed by atoms with Gasteiger partial charge in [-0.25, -0.2) is 0 Å². The molecule has 0 bridgehead atoms. The smallest absolute Gasteiger partial charge is 0.231 e. The van der Waals surface area contributed by atoms with E-state index in [1.807, 2.05) is 17.0 Å². The Kier molecular flexibility index (Phi) is 4.97. The number of halogens is 1. The summed E-state index contributed by atoms with van der Waals surface area (Å²) in [5, 5.41) is 3.39. The third-order valence-electron chi connectivity index (χ3n) is 3.34. The summed E-state index contributed by atoms with van der Waals surface area (Å²) >= 11 is 6.00. The lowest BCUT2D eigenvalue weighted by atomic mass is 10.2. The van der Waals surface area contributed by atoms with Gasteiger partial charge < -0.3 is 15.0 Å². The van der Waals surface area contributed by atoms with Crippen molar-refractivity contribution in [3.8, 4) is 0 Å². The van der Waals surface area contributed by atoms with Gasteiger partial charge in [-0.05, 0) is 35.7 Å². The maximum Gasteiger partial charge on any atom is 0.231 e. The Morgan fingerprint density at radius 1 is 1.14 bits per heavy atom. The van der Waals surface area contributed by atoms with Crippen LogP contribution in [0.5, 0.6) is 0 Å². The fourth-order valence-electron chi connectivity index (χ4n) is 2.19. The molecule has 3 heterocycles. The second-order valence-electron chi connectivity index (χ2n) is 4.86. The van der Waals surface area contributed by atoms with Gasteiger partial charge in [0.2, 0.25) is 17.2 Å². The molecule has 0 atom stereocenters. The van der Waals surface area contributed by atoms with Crippen LogP contribution in [0.15, 0.2) is 24.5 Å². The van der Waals surface area contributed by atoms with Crippen LogP contribution in [0.3, 0.4) is 0 Å². The third-order valence-corrected chi connectivity index (χ3v) is 3.51. The number of morpholine rings is 1. The molecule has 0 saturated carbocycles. The van der Waals surface area contributed by atoms with Crippen LogP contribution >= 0.6 is 11.6 Å². The summed E-state index contributed by atoms with van der Waals surface area (Å²) in [6, 6.07) is 3.97. The minimum Gasteiger partial charge on any atom is -0.378 e. The zero-order valence-corrected chi connectivity index (χ0v) is 12.8. The molecule has 1 aliphatic heterocycles. The van der Waals surface area contributed by atoms with Gasteiger partial charge in [-0.15, -0.1) is 0 Å². The van der Waals surface area contributed by atoms with E-state index in [4.69, 9.17) is 16.3 Å². The van der Waals surface area contributed by atoms with Crippen molar-refractivity contribution in [1.82, 2.24) is 19.9 Å². The second-order valence-corrected chi connectivity index (χ2v) is 5.20. The van der Waals surface area contributed by atoms with Crippen molar-refractivity contribution in [2.45, 2.75) is 6.42 Å². The predicted molar refractivity (Wildman–Crippen MR) is 84.3 cm³/mol. The van der Waals surface area contributed by atoms with Crippen LogP contribution in [0.4, 0.5) is 11.9 Å². The van der Waals surface area contributed by atoms with Crippen LogP contribution in [0.1, 0.15) is 5.56 Å². The van der Waals surface area contributed by atoms with Gasteiger partial charge in [0.15, 0.2) is 0 Å². The lowest BCUT2D eigenvalue weighted by Crippen LogP contribution is -2.37. The largest absolute Gasteiger partial charge is 0.378 e. The number of nitrogens with zero attached hydrogens (tertiary/aromatic N) is 5. The number of hydrogen-bond acceptors (Lipinski definition) is 7. The average molecular weight is 321 g/mol. The van der Waals surface area contributed by atoms with Gasteiger partial charge in [0.25, 0.3) is 0 Å². The number of rotatable bonds is 5. The maximum absolute atomic E-state index is 6.00. The SMILES string of the molecule is Clc1nc(NCCc2ccncc2)nc(N2CCOCC2)n1. The van der Waals surface area contributed by atoms with Gasteiger partial charge in [0, 0.05) is 32.0 Å². The summed E-state index contributed by atoms with van der Waals surface area (Å²) in [6.45, 7) is 3.59. The summed E-state index contributed by atoms with van der Waals surface area (Å²) in [4.78, 5) is 18.8. The average Bonchev–Trinajstić information content (AvgIpc) is 2.56. The van der Waals surface area contributed by atoms with Crippen molar-refractivity contribution in [3.05, 3.63) is 35.4 Å². The van der Waals surface area contributed by atoms with E-state index in [9.17, 15) is 0 Å². The highest BCUT2D eigenvalue weighted by Crippen LogP contribution is 2.15. The molecule has 0 unspecified atom stereocenters. The first-order chi connectivity index (χ1) is 10.8. The molecule has 1 fully saturated rings. The maximum atomic E-state index is 6.00. The number of hydrogen-bond donors (Lipinski definition) is 1. The Hall–Kier alpha value is -1.99. The molecule has 0 spiro atoms. The van der Waals surface area contributed by atoms with Crippen molar-refractivity contribution < 1.29 is 4.74 Å². The molecule has 1 saturated heterocycles. The molecule has 0 aromatic carbocycles. The molecular weight excluding hydrogens is 304 g/mol. The van der Waals surface area contributed by atoms with Crippen molar-refractivity contribution in [3.63, 3.8) is 0 Å². The Morgan fingerprint density at radius 3 is 2.68 bits per heavy atom. The standard InChI is InChI=1S/C14H17ClN6O/c15-12-18-13(17-6-3-11-1-4-16-5-2-11)20-14(19-12)21-7-9-22-10-8-21/h1-2,4-5H,3,6-10H2,(H,17,18,19,20). The van der Waals surface area contributed by atoms with Gasteiger partial charge in [0.1, 0.15) is 0 Å². The van der Waals surface area contributed by atoms with Gasteiger partial charge in [-0.3, -0.25) is 4.98 Å². The Balaban J connectivity index is 1.62. The molecule has 1 N–H and O–H groups in total. The van der Waals surface area contributed by atoms with Crippen molar-refractivity contribution in [2.75, 3.05) is 43.1 Å². The molecule has 7 nitrogen and oxygen atoms in total. The molecule has 1 aliphatic rings. The van der Waals surface area contributed by atoms with Gasteiger partial charge in [-0.1, -0.05) is 0 Å². The van der Waals surface area contributed by atoms with E-state index < -0.39 is 0 Å². The number of aromatic nitrogens is 4. The van der Waals surface area contributed by atoms with E-state index in [1.54, 1.807) is 12.4 Å². The van der Waals surface area contributed by atoms with E-state index in [0.717, 1.165) is 19.5 Å². The first kappa shape index (κ1) is 14.9. The first-order valence-electron chi connectivity index (χ1n) is 7.18. The lowest BCUT2D eigenvalue weighted by Gasteiger charge is -2.26. The Morgan fingerprint density at radius 2 is 1.91 bits per heavy atom. The highest BCUT2D eigenvalue weighted by Gasteiger charge is 2.15. The normalized spacial score (nSPS) is 14.9. The van der Waals surface area contributed by atoms with Crippen LogP contribution in [-0.2, 0) is 11.2 Å². The Labute approximate surface area is 133 Å². The highest BCUT2D eigenvalue weighted by atomic mass is 35.5. The van der Waals surface area contributed by atoms with Crippen molar-refractivity contribution >= 4 is 23.5 Å². The first-order valence-corrected chi connectivity index (χ1v) is 7.56. The summed E-state index contributed by atoms with van der Waals surface area (Å²) in [5.74, 6) is 1.09. The number of nitrogens with one attached hydrogen (secondary N) is 1. The molecule has 0 aliphatic carbocycles. The van der Waals surface area contributed by atoms with Gasteiger partial charge in [0.05, 0.1) is 13.2 Å². The molecular formula is C14H17ClN6O. The van der Waals surface area contributed by atoms with E-state index in [-0.39, 0.29) is 5.28 Å². The van der Waals surface area contributed by atoms with E-state index in [0.29, 0.717) is 31.7 Å². The predicted octanol–water partition coefficient (Wildman–Crippen LogP) is 1.41. The van der Waals surface area contributed by atoms with Crippen molar-refractivity contribution in [1.29, 1.82) is 0 Å². The van der Waals surface area contributed by atoms with Crippen LogP contribution in [-0.4, -0.2) is 52.8 Å². The zero-order valence-electron chi connectivity index (χ0n) is 12.1. The van der Waals surface area contributed by atoms with Gasteiger partial charge in [-0.2, -0.15) is 15.0 Å². The molecule has 3 rings (SSSR count). The molecule has 0 amide bonds. The van der Waals surface area contributed by atoms with Crippen molar-refractivity contribution in [2.24, 2.45) is 0 Å². The topological polar surface area (TPSA) is 76.1 Å². The van der Waals surface area contributed by atoms with E-state index >= 15 is 0 Å². The minimum absolute atomic E-state index is 0.197. The molecule has 2 aromatic rings.